The number of anilines is 2. The first-order valence-corrected chi connectivity index (χ1v) is 8.72. The Hall–Kier alpha value is -2.73. The van der Waals surface area contributed by atoms with Crippen molar-refractivity contribution in [1.29, 1.82) is 0 Å². The lowest BCUT2D eigenvalue weighted by Crippen LogP contribution is -2.28. The van der Waals surface area contributed by atoms with E-state index in [1.165, 1.54) is 0 Å². The zero-order valence-corrected chi connectivity index (χ0v) is 15.1. The first-order valence-electron chi connectivity index (χ1n) is 8.34. The molecule has 0 atom stereocenters. The van der Waals surface area contributed by atoms with Gasteiger partial charge in [-0.05, 0) is 43.2 Å². The lowest BCUT2D eigenvalue weighted by Gasteiger charge is -2.13. The minimum Gasteiger partial charge on any atom is -0.495 e. The third kappa shape index (κ3) is 4.67. The number of amides is 2. The number of rotatable bonds is 7. The third-order valence-electron chi connectivity index (χ3n) is 3.96. The lowest BCUT2D eigenvalue weighted by molar-refractivity contribution is -0.114. The smallest absolute Gasteiger partial charge is 0.253 e. The highest BCUT2D eigenvalue weighted by molar-refractivity contribution is 6.31. The van der Waals surface area contributed by atoms with Crippen LogP contribution in [0, 0.1) is 0 Å². The highest BCUT2D eigenvalue weighted by Crippen LogP contribution is 2.27. The van der Waals surface area contributed by atoms with E-state index in [2.05, 4.69) is 16.0 Å². The van der Waals surface area contributed by atoms with Crippen LogP contribution in [0.4, 0.5) is 11.4 Å². The summed E-state index contributed by atoms with van der Waals surface area (Å²) in [7, 11) is 1.54. The number of carbonyl (C=O) groups is 2. The molecule has 1 aliphatic carbocycles. The predicted molar refractivity (Wildman–Crippen MR) is 102 cm³/mol. The fourth-order valence-corrected chi connectivity index (χ4v) is 2.64. The van der Waals surface area contributed by atoms with Crippen LogP contribution in [0.15, 0.2) is 42.5 Å². The number of carbonyl (C=O) groups excluding carboxylic acids is 2. The Bertz CT molecular complexity index is 821. The molecular formula is C19H20ClN3O3. The number of benzene rings is 2. The number of methoxy groups -OCH3 is 1. The van der Waals surface area contributed by atoms with E-state index < -0.39 is 0 Å². The Morgan fingerprint density at radius 1 is 1.15 bits per heavy atom. The maximum atomic E-state index is 12.3. The van der Waals surface area contributed by atoms with Crippen molar-refractivity contribution < 1.29 is 14.3 Å². The van der Waals surface area contributed by atoms with Crippen molar-refractivity contribution in [3.63, 3.8) is 0 Å². The van der Waals surface area contributed by atoms with Gasteiger partial charge in [0.15, 0.2) is 0 Å². The summed E-state index contributed by atoms with van der Waals surface area (Å²) in [6, 6.07) is 12.3. The standard InChI is InChI=1S/C19H20ClN3O3/c1-26-17-9-6-12(20)10-16(17)21-11-18(24)23-15-5-3-2-4-14(15)19(25)22-13-7-8-13/h2-6,9-10,13,21H,7-8,11H2,1H3,(H,22,25)(H,23,24). The van der Waals surface area contributed by atoms with Gasteiger partial charge in [-0.15, -0.1) is 0 Å². The Morgan fingerprint density at radius 2 is 1.92 bits per heavy atom. The molecule has 0 bridgehead atoms. The van der Waals surface area contributed by atoms with Gasteiger partial charge in [-0.1, -0.05) is 23.7 Å². The van der Waals surface area contributed by atoms with Crippen LogP contribution in [0.25, 0.3) is 0 Å². The molecule has 0 spiro atoms. The topological polar surface area (TPSA) is 79.5 Å². The van der Waals surface area contributed by atoms with Gasteiger partial charge >= 0.3 is 0 Å². The summed E-state index contributed by atoms with van der Waals surface area (Å²) in [6.07, 6.45) is 2.01. The second-order valence-electron chi connectivity index (χ2n) is 6.04. The van der Waals surface area contributed by atoms with E-state index in [1.807, 2.05) is 0 Å². The fraction of sp³-hybridized carbons (Fsp3) is 0.263. The van der Waals surface area contributed by atoms with E-state index >= 15 is 0 Å². The van der Waals surface area contributed by atoms with Crippen LogP contribution in [0.5, 0.6) is 5.75 Å². The molecule has 0 heterocycles. The summed E-state index contributed by atoms with van der Waals surface area (Å²) in [6.45, 7) is 0.00921. The van der Waals surface area contributed by atoms with Crippen LogP contribution in [0.2, 0.25) is 5.02 Å². The van der Waals surface area contributed by atoms with Crippen molar-refractivity contribution in [1.82, 2.24) is 5.32 Å². The van der Waals surface area contributed by atoms with Gasteiger partial charge < -0.3 is 20.7 Å². The molecule has 0 radical (unpaired) electrons. The monoisotopic (exact) mass is 373 g/mol. The molecule has 2 amide bonds. The van der Waals surface area contributed by atoms with E-state index in [4.69, 9.17) is 16.3 Å². The van der Waals surface area contributed by atoms with Crippen molar-refractivity contribution in [3.05, 3.63) is 53.1 Å². The van der Waals surface area contributed by atoms with Gasteiger partial charge in [-0.25, -0.2) is 0 Å². The maximum Gasteiger partial charge on any atom is 0.253 e. The van der Waals surface area contributed by atoms with Gasteiger partial charge in [0.2, 0.25) is 5.91 Å². The van der Waals surface area contributed by atoms with Crippen LogP contribution in [-0.2, 0) is 4.79 Å². The molecule has 0 unspecified atom stereocenters. The summed E-state index contributed by atoms with van der Waals surface area (Å²) in [5, 5.41) is 9.23. The molecular weight excluding hydrogens is 354 g/mol. The molecule has 2 aromatic carbocycles. The number of hydrogen-bond donors (Lipinski definition) is 3. The van der Waals surface area contributed by atoms with Gasteiger partial charge in [0.1, 0.15) is 5.75 Å². The van der Waals surface area contributed by atoms with E-state index in [0.717, 1.165) is 12.8 Å². The zero-order valence-electron chi connectivity index (χ0n) is 14.3. The average Bonchev–Trinajstić information content (AvgIpc) is 3.44. The first-order chi connectivity index (χ1) is 12.6. The van der Waals surface area contributed by atoms with Crippen LogP contribution in [-0.4, -0.2) is 31.5 Å². The Kier molecular flexibility index (Phi) is 5.63. The maximum absolute atomic E-state index is 12.3. The van der Waals surface area contributed by atoms with Crippen LogP contribution < -0.4 is 20.7 Å². The highest BCUT2D eigenvalue weighted by Gasteiger charge is 2.25. The minimum absolute atomic E-state index is 0.00921. The van der Waals surface area contributed by atoms with Crippen molar-refractivity contribution in [2.45, 2.75) is 18.9 Å². The summed E-state index contributed by atoms with van der Waals surface area (Å²) >= 11 is 5.98. The van der Waals surface area contributed by atoms with Gasteiger partial charge in [0, 0.05) is 11.1 Å². The number of halogens is 1. The Labute approximate surface area is 156 Å². The van der Waals surface area contributed by atoms with Gasteiger partial charge in [-0.3, -0.25) is 9.59 Å². The van der Waals surface area contributed by atoms with Gasteiger partial charge in [0.05, 0.1) is 30.6 Å². The van der Waals surface area contributed by atoms with Crippen molar-refractivity contribution in [2.24, 2.45) is 0 Å². The van der Waals surface area contributed by atoms with Crippen molar-refractivity contribution in [2.75, 3.05) is 24.3 Å². The molecule has 6 nitrogen and oxygen atoms in total. The van der Waals surface area contributed by atoms with E-state index in [-0.39, 0.29) is 24.4 Å². The summed E-state index contributed by atoms with van der Waals surface area (Å²) in [4.78, 5) is 24.6. The number of para-hydroxylation sites is 1. The highest BCUT2D eigenvalue weighted by atomic mass is 35.5. The molecule has 2 aromatic rings. The van der Waals surface area contributed by atoms with Crippen LogP contribution >= 0.6 is 11.6 Å². The van der Waals surface area contributed by atoms with E-state index in [0.29, 0.717) is 27.7 Å². The fourth-order valence-electron chi connectivity index (χ4n) is 2.47. The quantitative estimate of drug-likeness (QED) is 0.695. The largest absolute Gasteiger partial charge is 0.495 e. The minimum atomic E-state index is -0.279. The van der Waals surface area contributed by atoms with E-state index in [1.54, 1.807) is 49.6 Å². The van der Waals surface area contributed by atoms with Crippen LogP contribution in [0.1, 0.15) is 23.2 Å². The third-order valence-corrected chi connectivity index (χ3v) is 4.19. The second kappa shape index (κ2) is 8.10. The van der Waals surface area contributed by atoms with Crippen molar-refractivity contribution in [3.8, 4) is 5.75 Å². The molecule has 3 rings (SSSR count). The molecule has 0 saturated heterocycles. The molecule has 7 heteroatoms. The number of hydrogen-bond acceptors (Lipinski definition) is 4. The summed E-state index contributed by atoms with van der Waals surface area (Å²) in [5.41, 5.74) is 1.55. The number of nitrogens with one attached hydrogen (secondary N) is 3. The number of ether oxygens (including phenoxy) is 1. The Balaban J connectivity index is 1.63. The normalized spacial score (nSPS) is 13.0. The SMILES string of the molecule is COc1ccc(Cl)cc1NCC(=O)Nc1ccccc1C(=O)NC1CC1. The molecule has 0 aliphatic heterocycles. The molecule has 136 valence electrons. The Morgan fingerprint density at radius 3 is 2.65 bits per heavy atom. The summed E-state index contributed by atoms with van der Waals surface area (Å²) in [5.74, 6) is 0.137. The molecule has 1 fully saturated rings. The molecule has 0 aromatic heterocycles. The zero-order chi connectivity index (χ0) is 18.5. The van der Waals surface area contributed by atoms with Crippen molar-refractivity contribution >= 4 is 34.8 Å². The predicted octanol–water partition coefficient (Wildman–Crippen LogP) is 3.29. The molecule has 3 N–H and O–H groups in total. The lowest BCUT2D eigenvalue weighted by atomic mass is 10.1. The summed E-state index contributed by atoms with van der Waals surface area (Å²) < 4.78 is 5.24. The molecule has 1 saturated carbocycles. The van der Waals surface area contributed by atoms with Gasteiger partial charge in [0.25, 0.3) is 5.91 Å². The van der Waals surface area contributed by atoms with Crippen LogP contribution in [0.3, 0.4) is 0 Å². The average molecular weight is 374 g/mol. The van der Waals surface area contributed by atoms with Gasteiger partial charge in [-0.2, -0.15) is 0 Å². The molecule has 26 heavy (non-hydrogen) atoms. The second-order valence-corrected chi connectivity index (χ2v) is 6.48. The van der Waals surface area contributed by atoms with E-state index in [9.17, 15) is 9.59 Å². The molecule has 1 aliphatic rings. The first kappa shape index (κ1) is 18.1.